The highest BCUT2D eigenvalue weighted by Crippen LogP contribution is 2.43. The Balaban J connectivity index is 0.718. The minimum absolute atomic E-state index is 0.0583. The Labute approximate surface area is 355 Å². The van der Waals surface area contributed by atoms with Crippen molar-refractivity contribution in [3.63, 3.8) is 0 Å². The van der Waals surface area contributed by atoms with Gasteiger partial charge in [-0.2, -0.15) is 5.26 Å². The van der Waals surface area contributed by atoms with Crippen molar-refractivity contribution in [2.75, 3.05) is 55.6 Å². The lowest BCUT2D eigenvalue weighted by Gasteiger charge is -2.61. The summed E-state index contributed by atoms with van der Waals surface area (Å²) in [5, 5.41) is 11.8. The smallest absolute Gasteiger partial charge is 0.262 e. The highest BCUT2D eigenvalue weighted by Gasteiger charge is 2.52. The first-order valence-electron chi connectivity index (χ1n) is 21.3. The Bertz CT molecular complexity index is 2270. The normalized spacial score (nSPS) is 24.5. The number of carbonyl (C=O) groups excluding carboxylic acids is 5. The predicted octanol–water partition coefficient (Wildman–Crippen LogP) is 5.50. The minimum Gasteiger partial charge on any atom is -0.491 e. The zero-order valence-corrected chi connectivity index (χ0v) is 34.8. The zero-order valence-electron chi connectivity index (χ0n) is 34.1. The number of hydrogen-bond donors (Lipinski definition) is 1. The molecule has 6 aliphatic rings. The molecule has 6 heterocycles. The third kappa shape index (κ3) is 7.49. The Kier molecular flexibility index (Phi) is 10.6. The van der Waals surface area contributed by atoms with Crippen molar-refractivity contribution < 1.29 is 28.7 Å². The second-order valence-corrected chi connectivity index (χ2v) is 18.3. The Morgan fingerprint density at radius 2 is 1.60 bits per heavy atom. The van der Waals surface area contributed by atoms with Gasteiger partial charge >= 0.3 is 0 Å². The predicted molar refractivity (Wildman–Crippen MR) is 225 cm³/mol. The largest absolute Gasteiger partial charge is 0.491 e. The van der Waals surface area contributed by atoms with Gasteiger partial charge in [0.15, 0.2) is 0 Å². The maximum absolute atomic E-state index is 13.8. The number of nitrogens with zero attached hydrogens (tertiary/aromatic N) is 6. The number of halogens is 1. The first-order valence-corrected chi connectivity index (χ1v) is 21.6. The molecule has 6 aliphatic heterocycles. The van der Waals surface area contributed by atoms with Gasteiger partial charge in [0.05, 0.1) is 27.8 Å². The minimum atomic E-state index is -0.966. The van der Waals surface area contributed by atoms with E-state index in [1.165, 1.54) is 0 Å². The summed E-state index contributed by atoms with van der Waals surface area (Å²) in [6.07, 6.45) is 4.78. The molecule has 14 heteroatoms. The topological polar surface area (TPSA) is 147 Å². The summed E-state index contributed by atoms with van der Waals surface area (Å²) >= 11 is 6.21. The third-order valence-electron chi connectivity index (χ3n) is 13.6. The number of hydrogen-bond acceptors (Lipinski definition) is 10. The maximum atomic E-state index is 13.8. The van der Waals surface area contributed by atoms with E-state index >= 15 is 0 Å². The molecule has 0 saturated carbocycles. The highest BCUT2D eigenvalue weighted by atomic mass is 35.5. The summed E-state index contributed by atoms with van der Waals surface area (Å²) in [6.45, 7) is 11.2. The van der Waals surface area contributed by atoms with Gasteiger partial charge in [-0.1, -0.05) is 11.6 Å². The second-order valence-electron chi connectivity index (χ2n) is 17.9. The van der Waals surface area contributed by atoms with Crippen LogP contribution in [0.2, 0.25) is 5.02 Å². The molecule has 312 valence electrons. The van der Waals surface area contributed by atoms with Crippen LogP contribution in [0.4, 0.5) is 11.4 Å². The highest BCUT2D eigenvalue weighted by molar-refractivity contribution is 6.31. The number of likely N-dealkylation sites (tertiary alicyclic amines) is 2. The fourth-order valence-electron chi connectivity index (χ4n) is 10.5. The molecule has 0 radical (unpaired) electrons. The monoisotopic (exact) mass is 831 g/mol. The number of rotatable bonds is 10. The molecule has 0 bridgehead atoms. The average Bonchev–Trinajstić information content (AvgIpc) is 3.69. The van der Waals surface area contributed by atoms with E-state index in [0.29, 0.717) is 50.8 Å². The number of piperidine rings is 2. The molecule has 0 aromatic heterocycles. The van der Waals surface area contributed by atoms with E-state index in [-0.39, 0.29) is 42.8 Å². The Morgan fingerprint density at radius 3 is 2.30 bits per heavy atom. The number of nitriles is 1. The fourth-order valence-corrected chi connectivity index (χ4v) is 10.7. The van der Waals surface area contributed by atoms with Crippen molar-refractivity contribution >= 4 is 52.5 Å². The van der Waals surface area contributed by atoms with Gasteiger partial charge in [-0.25, -0.2) is 0 Å². The number of nitrogens with one attached hydrogen (secondary N) is 1. The van der Waals surface area contributed by atoms with Crippen LogP contribution < -0.4 is 19.9 Å². The van der Waals surface area contributed by atoms with E-state index in [0.717, 1.165) is 87.8 Å². The number of carbonyl (C=O) groups is 5. The van der Waals surface area contributed by atoms with Gasteiger partial charge in [0.2, 0.25) is 11.8 Å². The first kappa shape index (κ1) is 40.0. The van der Waals surface area contributed by atoms with Crippen LogP contribution in [0.5, 0.6) is 5.75 Å². The van der Waals surface area contributed by atoms with E-state index in [2.05, 4.69) is 45.1 Å². The summed E-state index contributed by atoms with van der Waals surface area (Å²) in [7, 11) is 0. The molecule has 4 unspecified atom stereocenters. The molecule has 3 aromatic rings. The number of fused-ring (bicyclic) bond motifs is 1. The quantitative estimate of drug-likeness (QED) is 0.260. The van der Waals surface area contributed by atoms with Gasteiger partial charge in [0.1, 0.15) is 17.9 Å². The molecule has 13 nitrogen and oxygen atoms in total. The number of imide groups is 2. The molecule has 60 heavy (non-hydrogen) atoms. The standard InChI is InChI=1S/C46H50ClN7O6/c1-28-3-7-35(19-29(2)60-36-11-6-32(22-48)39(47)21-36)53(28)43(57)31-4-8-33(9-5-31)52-26-46(27-52)24-50(25-46)23-30-15-17-51(18-16-30)34-10-12-37-38(20-34)45(59)54(44(37)58)40-13-14-41(55)49-42(40)56/h4-6,8-12,20-21,28-30,35,40H,3,7,13-19,23-27H2,1-2H3,(H,49,55,56). The number of amides is 5. The Morgan fingerprint density at radius 1 is 0.883 bits per heavy atom. The molecule has 5 fully saturated rings. The van der Waals surface area contributed by atoms with Crippen molar-refractivity contribution in [1.29, 1.82) is 5.26 Å². The van der Waals surface area contributed by atoms with E-state index < -0.39 is 23.8 Å². The van der Waals surface area contributed by atoms with Crippen LogP contribution in [0.3, 0.4) is 0 Å². The third-order valence-corrected chi connectivity index (χ3v) is 13.9. The fraction of sp³-hybridized carbons (Fsp3) is 0.478. The summed E-state index contributed by atoms with van der Waals surface area (Å²) in [4.78, 5) is 74.7. The number of benzene rings is 3. The van der Waals surface area contributed by atoms with Gasteiger partial charge in [-0.3, -0.25) is 34.2 Å². The lowest BCUT2D eigenvalue weighted by molar-refractivity contribution is -0.136. The van der Waals surface area contributed by atoms with Crippen LogP contribution in [0, 0.1) is 22.7 Å². The molecule has 5 saturated heterocycles. The van der Waals surface area contributed by atoms with Crippen molar-refractivity contribution in [1.82, 2.24) is 20.0 Å². The van der Waals surface area contributed by atoms with E-state index in [4.69, 9.17) is 16.3 Å². The molecule has 0 aliphatic carbocycles. The van der Waals surface area contributed by atoms with Crippen molar-refractivity contribution in [2.24, 2.45) is 11.3 Å². The molecule has 1 N–H and O–H groups in total. The van der Waals surface area contributed by atoms with Gasteiger partial charge in [0, 0.05) is 99.2 Å². The van der Waals surface area contributed by atoms with E-state index in [1.54, 1.807) is 30.3 Å². The second kappa shape index (κ2) is 15.9. The van der Waals surface area contributed by atoms with Gasteiger partial charge in [-0.05, 0) is 106 Å². The zero-order chi connectivity index (χ0) is 41.9. The van der Waals surface area contributed by atoms with Crippen molar-refractivity contribution in [3.05, 3.63) is 87.9 Å². The van der Waals surface area contributed by atoms with Crippen molar-refractivity contribution in [3.8, 4) is 11.8 Å². The van der Waals surface area contributed by atoms with Crippen LogP contribution in [0.25, 0.3) is 0 Å². The lowest BCUT2D eigenvalue weighted by Crippen LogP contribution is -2.72. The molecular weight excluding hydrogens is 782 g/mol. The Hall–Kier alpha value is -5.45. The van der Waals surface area contributed by atoms with E-state index in [9.17, 15) is 29.2 Å². The van der Waals surface area contributed by atoms with Crippen LogP contribution in [-0.4, -0.2) is 114 Å². The van der Waals surface area contributed by atoms with Crippen molar-refractivity contribution in [2.45, 2.75) is 83.0 Å². The molecule has 5 amide bonds. The molecule has 4 atom stereocenters. The number of ether oxygens (including phenoxy) is 1. The molecule has 3 aromatic carbocycles. The maximum Gasteiger partial charge on any atom is 0.262 e. The summed E-state index contributed by atoms with van der Waals surface area (Å²) < 4.78 is 6.14. The van der Waals surface area contributed by atoms with Crippen LogP contribution in [0.1, 0.15) is 95.4 Å². The summed E-state index contributed by atoms with van der Waals surface area (Å²) in [6, 6.07) is 19.9. The summed E-state index contributed by atoms with van der Waals surface area (Å²) in [5.74, 6) is -0.676. The van der Waals surface area contributed by atoms with Gasteiger partial charge < -0.3 is 24.3 Å². The molecular formula is C46H50ClN7O6. The van der Waals surface area contributed by atoms with Crippen LogP contribution in [0.15, 0.2) is 60.7 Å². The SMILES string of the molecule is CC(CC1CCC(C)N1C(=O)c1ccc(N2CC3(CN(CC4CCN(c5ccc6c(c5)C(=O)N(C5CCC(=O)NC5=O)C6=O)CC4)C3)C2)cc1)Oc1ccc(C#N)c(Cl)c1. The number of anilines is 2. The first-order chi connectivity index (χ1) is 28.9. The molecule has 1 spiro atoms. The van der Waals surface area contributed by atoms with Crippen LogP contribution >= 0.6 is 11.6 Å². The lowest BCUT2D eigenvalue weighted by atomic mass is 9.72. The van der Waals surface area contributed by atoms with Gasteiger partial charge in [-0.15, -0.1) is 0 Å². The average molecular weight is 832 g/mol. The van der Waals surface area contributed by atoms with Crippen LogP contribution in [-0.2, 0) is 9.59 Å². The summed E-state index contributed by atoms with van der Waals surface area (Å²) in [5.41, 5.74) is 4.13. The molecule has 9 rings (SSSR count). The van der Waals surface area contributed by atoms with E-state index in [1.807, 2.05) is 30.0 Å². The van der Waals surface area contributed by atoms with Gasteiger partial charge in [0.25, 0.3) is 17.7 Å².